The second-order valence-electron chi connectivity index (χ2n) is 6.49. The standard InChI is InChI=1S/C22H22N2O3/c1-14-18-11-7-8-12-19(18)23-16(3)21(14)22(26)27-13-20(25)24-15(2)17-9-5-4-6-10-17/h4-12,15H,13H2,1-3H3,(H,24,25). The molecule has 0 radical (unpaired) electrons. The zero-order valence-electron chi connectivity index (χ0n) is 15.7. The number of carbonyl (C=O) groups excluding carboxylic acids is 2. The molecule has 0 aliphatic carbocycles. The SMILES string of the molecule is Cc1nc2ccccc2c(C)c1C(=O)OCC(=O)NC(C)c1ccccc1. The van der Waals surface area contributed by atoms with Crippen molar-refractivity contribution in [2.24, 2.45) is 0 Å². The van der Waals surface area contributed by atoms with Crippen LogP contribution in [0.5, 0.6) is 0 Å². The van der Waals surface area contributed by atoms with Crippen LogP contribution >= 0.6 is 0 Å². The average molecular weight is 362 g/mol. The van der Waals surface area contributed by atoms with Gasteiger partial charge in [-0.1, -0.05) is 48.5 Å². The Bertz CT molecular complexity index is 984. The molecule has 0 spiro atoms. The third-order valence-electron chi connectivity index (χ3n) is 4.55. The molecule has 1 N–H and O–H groups in total. The van der Waals surface area contributed by atoms with E-state index in [1.165, 1.54) is 0 Å². The molecule has 3 rings (SSSR count). The smallest absolute Gasteiger partial charge is 0.340 e. The lowest BCUT2D eigenvalue weighted by Crippen LogP contribution is -2.31. The number of carbonyl (C=O) groups is 2. The summed E-state index contributed by atoms with van der Waals surface area (Å²) < 4.78 is 5.25. The highest BCUT2D eigenvalue weighted by molar-refractivity contribution is 5.99. The van der Waals surface area contributed by atoms with E-state index in [0.717, 1.165) is 22.0 Å². The van der Waals surface area contributed by atoms with Gasteiger partial charge in [-0.15, -0.1) is 0 Å². The lowest BCUT2D eigenvalue weighted by atomic mass is 10.0. The van der Waals surface area contributed by atoms with Gasteiger partial charge >= 0.3 is 5.97 Å². The topological polar surface area (TPSA) is 68.3 Å². The van der Waals surface area contributed by atoms with Crippen molar-refractivity contribution >= 4 is 22.8 Å². The molecule has 138 valence electrons. The number of aryl methyl sites for hydroxylation is 2. The molecule has 0 saturated carbocycles. The van der Waals surface area contributed by atoms with Gasteiger partial charge < -0.3 is 10.1 Å². The highest BCUT2D eigenvalue weighted by Crippen LogP contribution is 2.23. The van der Waals surface area contributed by atoms with Gasteiger partial charge in [0.1, 0.15) is 0 Å². The summed E-state index contributed by atoms with van der Waals surface area (Å²) in [5.41, 5.74) is 3.63. The van der Waals surface area contributed by atoms with Crippen LogP contribution in [0.2, 0.25) is 0 Å². The Hall–Kier alpha value is -3.21. The van der Waals surface area contributed by atoms with E-state index in [1.807, 2.05) is 68.4 Å². The van der Waals surface area contributed by atoms with E-state index in [9.17, 15) is 9.59 Å². The number of fused-ring (bicyclic) bond motifs is 1. The first-order valence-electron chi connectivity index (χ1n) is 8.84. The number of amides is 1. The summed E-state index contributed by atoms with van der Waals surface area (Å²) in [6.07, 6.45) is 0. The fourth-order valence-electron chi connectivity index (χ4n) is 3.14. The number of esters is 1. The van der Waals surface area contributed by atoms with Crippen LogP contribution in [0.15, 0.2) is 54.6 Å². The molecule has 0 aliphatic rings. The third kappa shape index (κ3) is 4.14. The summed E-state index contributed by atoms with van der Waals surface area (Å²) in [6, 6.07) is 17.1. The minimum atomic E-state index is -0.536. The van der Waals surface area contributed by atoms with Crippen molar-refractivity contribution < 1.29 is 14.3 Å². The maximum absolute atomic E-state index is 12.5. The Morgan fingerprint density at radius 3 is 2.44 bits per heavy atom. The number of hydrogen-bond donors (Lipinski definition) is 1. The number of nitrogens with one attached hydrogen (secondary N) is 1. The largest absolute Gasteiger partial charge is 0.452 e. The summed E-state index contributed by atoms with van der Waals surface area (Å²) in [7, 11) is 0. The van der Waals surface area contributed by atoms with E-state index < -0.39 is 5.97 Å². The Morgan fingerprint density at radius 1 is 1.04 bits per heavy atom. The lowest BCUT2D eigenvalue weighted by Gasteiger charge is -2.15. The van der Waals surface area contributed by atoms with E-state index in [-0.39, 0.29) is 18.6 Å². The summed E-state index contributed by atoms with van der Waals surface area (Å²) in [4.78, 5) is 29.2. The van der Waals surface area contributed by atoms with Gasteiger partial charge in [0, 0.05) is 5.39 Å². The van der Waals surface area contributed by atoms with Crippen molar-refractivity contribution in [1.29, 1.82) is 0 Å². The minimum absolute atomic E-state index is 0.164. The molecule has 0 aliphatic heterocycles. The van der Waals surface area contributed by atoms with Crippen LogP contribution < -0.4 is 5.32 Å². The second-order valence-corrected chi connectivity index (χ2v) is 6.49. The molecule has 0 fully saturated rings. The fourth-order valence-corrected chi connectivity index (χ4v) is 3.14. The summed E-state index contributed by atoms with van der Waals surface area (Å²) in [5.74, 6) is -0.880. The van der Waals surface area contributed by atoms with Crippen LogP contribution in [-0.2, 0) is 9.53 Å². The number of hydrogen-bond acceptors (Lipinski definition) is 4. The van der Waals surface area contributed by atoms with Crippen molar-refractivity contribution in [3.63, 3.8) is 0 Å². The lowest BCUT2D eigenvalue weighted by molar-refractivity contribution is -0.124. The van der Waals surface area contributed by atoms with Crippen molar-refractivity contribution in [2.45, 2.75) is 26.8 Å². The Balaban J connectivity index is 1.67. The molecule has 1 heterocycles. The zero-order chi connectivity index (χ0) is 19.4. The first-order valence-corrected chi connectivity index (χ1v) is 8.84. The van der Waals surface area contributed by atoms with Gasteiger partial charge in [0.2, 0.25) is 0 Å². The highest BCUT2D eigenvalue weighted by atomic mass is 16.5. The molecule has 0 saturated heterocycles. The van der Waals surface area contributed by atoms with Gasteiger partial charge in [0.15, 0.2) is 6.61 Å². The third-order valence-corrected chi connectivity index (χ3v) is 4.55. The molecule has 3 aromatic rings. The molecule has 2 aromatic carbocycles. The number of aromatic nitrogens is 1. The van der Waals surface area contributed by atoms with Crippen molar-refractivity contribution in [3.8, 4) is 0 Å². The molecule has 1 unspecified atom stereocenters. The van der Waals surface area contributed by atoms with Gasteiger partial charge in [0.25, 0.3) is 5.91 Å². The predicted molar refractivity (Wildman–Crippen MR) is 104 cm³/mol. The number of pyridine rings is 1. The fraction of sp³-hybridized carbons (Fsp3) is 0.227. The van der Waals surface area contributed by atoms with Gasteiger partial charge in [-0.2, -0.15) is 0 Å². The molecule has 1 atom stereocenters. The molecule has 1 amide bonds. The van der Waals surface area contributed by atoms with Crippen LogP contribution in [-0.4, -0.2) is 23.5 Å². The average Bonchev–Trinajstić information content (AvgIpc) is 2.67. The second kappa shape index (κ2) is 7.99. The van der Waals surface area contributed by atoms with Crippen molar-refractivity contribution in [1.82, 2.24) is 10.3 Å². The first-order chi connectivity index (χ1) is 13.0. The predicted octanol–water partition coefficient (Wildman–Crippen LogP) is 3.89. The summed E-state index contributed by atoms with van der Waals surface area (Å²) in [6.45, 7) is 5.19. The Labute approximate surface area is 158 Å². The maximum Gasteiger partial charge on any atom is 0.340 e. The Kier molecular flexibility index (Phi) is 5.50. The van der Waals surface area contributed by atoms with E-state index in [1.54, 1.807) is 6.92 Å². The molecule has 5 heteroatoms. The molecular weight excluding hydrogens is 340 g/mol. The molecular formula is C22H22N2O3. The van der Waals surface area contributed by atoms with Crippen molar-refractivity contribution in [2.75, 3.05) is 6.61 Å². The van der Waals surface area contributed by atoms with E-state index in [4.69, 9.17) is 4.74 Å². The quantitative estimate of drug-likeness (QED) is 0.699. The van der Waals surface area contributed by atoms with Gasteiger partial charge in [-0.3, -0.25) is 9.78 Å². The van der Waals surface area contributed by atoms with Gasteiger partial charge in [-0.05, 0) is 38.0 Å². The van der Waals surface area contributed by atoms with E-state index in [2.05, 4.69) is 10.3 Å². The molecule has 27 heavy (non-hydrogen) atoms. The number of nitrogens with zero attached hydrogens (tertiary/aromatic N) is 1. The molecule has 1 aromatic heterocycles. The maximum atomic E-state index is 12.5. The van der Waals surface area contributed by atoms with E-state index >= 15 is 0 Å². The molecule has 5 nitrogen and oxygen atoms in total. The zero-order valence-corrected chi connectivity index (χ0v) is 15.7. The van der Waals surface area contributed by atoms with Crippen LogP contribution in [0, 0.1) is 13.8 Å². The Morgan fingerprint density at radius 2 is 1.70 bits per heavy atom. The van der Waals surface area contributed by atoms with Crippen LogP contribution in [0.25, 0.3) is 10.9 Å². The van der Waals surface area contributed by atoms with Crippen LogP contribution in [0.1, 0.15) is 40.1 Å². The monoisotopic (exact) mass is 362 g/mol. The number of ether oxygens (including phenoxy) is 1. The summed E-state index contributed by atoms with van der Waals surface area (Å²) >= 11 is 0. The number of benzene rings is 2. The van der Waals surface area contributed by atoms with Crippen LogP contribution in [0.4, 0.5) is 0 Å². The van der Waals surface area contributed by atoms with Crippen LogP contribution in [0.3, 0.4) is 0 Å². The molecule has 0 bridgehead atoms. The van der Waals surface area contributed by atoms with E-state index in [0.29, 0.717) is 11.3 Å². The minimum Gasteiger partial charge on any atom is -0.452 e. The van der Waals surface area contributed by atoms with Gasteiger partial charge in [-0.25, -0.2) is 4.79 Å². The van der Waals surface area contributed by atoms with Crippen molar-refractivity contribution in [3.05, 3.63) is 77.0 Å². The summed E-state index contributed by atoms with van der Waals surface area (Å²) in [5, 5.41) is 3.73. The highest BCUT2D eigenvalue weighted by Gasteiger charge is 2.19. The van der Waals surface area contributed by atoms with Gasteiger partial charge in [0.05, 0.1) is 22.8 Å². The normalized spacial score (nSPS) is 11.8. The first kappa shape index (κ1) is 18.6. The number of rotatable bonds is 5. The number of para-hydroxylation sites is 1.